The van der Waals surface area contributed by atoms with Gasteiger partial charge in [0.05, 0.1) is 5.75 Å². The van der Waals surface area contributed by atoms with E-state index in [0.29, 0.717) is 12.1 Å². The lowest BCUT2D eigenvalue weighted by Crippen LogP contribution is -2.24. The molecular weight excluding hydrogens is 297 g/mol. The van der Waals surface area contributed by atoms with E-state index in [2.05, 4.69) is 15.5 Å². The third kappa shape index (κ3) is 4.28. The second-order valence-electron chi connectivity index (χ2n) is 4.24. The Labute approximate surface area is 124 Å². The first-order valence-electron chi connectivity index (χ1n) is 5.99. The van der Waals surface area contributed by atoms with Crippen LogP contribution in [0.25, 0.3) is 0 Å². The maximum atomic E-state index is 13.3. The van der Waals surface area contributed by atoms with E-state index >= 15 is 0 Å². The maximum Gasteiger partial charge on any atom is 0.230 e. The molecule has 1 aromatic carbocycles. The lowest BCUT2D eigenvalue weighted by Gasteiger charge is -2.05. The van der Waals surface area contributed by atoms with Crippen LogP contribution in [0.3, 0.4) is 0 Å². The van der Waals surface area contributed by atoms with E-state index in [4.69, 9.17) is 0 Å². The van der Waals surface area contributed by atoms with Crippen LogP contribution in [-0.2, 0) is 11.3 Å². The minimum atomic E-state index is -0.254. The Hall–Kier alpha value is -1.47. The van der Waals surface area contributed by atoms with Crippen LogP contribution >= 0.6 is 23.1 Å². The molecule has 0 unspecified atom stereocenters. The van der Waals surface area contributed by atoms with E-state index in [1.165, 1.54) is 29.2 Å². The molecule has 1 aromatic heterocycles. The summed E-state index contributed by atoms with van der Waals surface area (Å²) in [4.78, 5) is 11.7. The Bertz CT molecular complexity index is 615. The fourth-order valence-corrected chi connectivity index (χ4v) is 3.11. The normalized spacial score (nSPS) is 10.6. The van der Waals surface area contributed by atoms with Gasteiger partial charge in [0.15, 0.2) is 4.34 Å². The Kier molecular flexibility index (Phi) is 5.08. The second kappa shape index (κ2) is 6.81. The van der Waals surface area contributed by atoms with Gasteiger partial charge in [0.1, 0.15) is 10.8 Å². The molecule has 4 nitrogen and oxygen atoms in total. The van der Waals surface area contributed by atoms with Gasteiger partial charge in [-0.25, -0.2) is 4.39 Å². The molecule has 1 amide bonds. The van der Waals surface area contributed by atoms with E-state index in [1.54, 1.807) is 19.1 Å². The second-order valence-corrected chi connectivity index (χ2v) is 6.64. The molecule has 0 aliphatic rings. The van der Waals surface area contributed by atoms with Crippen LogP contribution in [0, 0.1) is 19.7 Å². The van der Waals surface area contributed by atoms with Crippen molar-refractivity contribution >= 4 is 29.0 Å². The fraction of sp³-hybridized carbons (Fsp3) is 0.308. The molecule has 0 aliphatic heterocycles. The molecule has 0 aliphatic carbocycles. The lowest BCUT2D eigenvalue weighted by atomic mass is 10.1. The predicted molar refractivity (Wildman–Crippen MR) is 78.4 cm³/mol. The van der Waals surface area contributed by atoms with Gasteiger partial charge in [0.2, 0.25) is 5.91 Å². The van der Waals surface area contributed by atoms with Gasteiger partial charge in [-0.05, 0) is 31.0 Å². The molecule has 2 aromatic rings. The summed E-state index contributed by atoms with van der Waals surface area (Å²) >= 11 is 2.81. The molecule has 7 heteroatoms. The molecule has 106 valence electrons. The van der Waals surface area contributed by atoms with Crippen LogP contribution in [0.1, 0.15) is 16.1 Å². The Morgan fingerprint density at radius 3 is 2.85 bits per heavy atom. The minimum absolute atomic E-state index is 0.108. The summed E-state index contributed by atoms with van der Waals surface area (Å²) in [6.45, 7) is 3.90. The van der Waals surface area contributed by atoms with Gasteiger partial charge in [-0.15, -0.1) is 10.2 Å². The van der Waals surface area contributed by atoms with Crippen LogP contribution in [-0.4, -0.2) is 21.9 Å². The van der Waals surface area contributed by atoms with E-state index in [1.807, 2.05) is 6.92 Å². The summed E-state index contributed by atoms with van der Waals surface area (Å²) < 4.78 is 14.1. The van der Waals surface area contributed by atoms with Gasteiger partial charge in [0, 0.05) is 6.54 Å². The molecule has 20 heavy (non-hydrogen) atoms. The van der Waals surface area contributed by atoms with Crippen molar-refractivity contribution in [2.75, 3.05) is 5.75 Å². The highest BCUT2D eigenvalue weighted by molar-refractivity contribution is 8.01. The van der Waals surface area contributed by atoms with Gasteiger partial charge < -0.3 is 5.32 Å². The standard InChI is InChI=1S/C13H14FN3OS2/c1-8-3-4-10(5-11(8)14)6-15-12(18)7-19-13-17-16-9(2)20-13/h3-5H,6-7H2,1-2H3,(H,15,18). The van der Waals surface area contributed by atoms with E-state index in [9.17, 15) is 9.18 Å². The van der Waals surface area contributed by atoms with Crippen molar-refractivity contribution < 1.29 is 9.18 Å². The van der Waals surface area contributed by atoms with Crippen LogP contribution < -0.4 is 5.32 Å². The summed E-state index contributed by atoms with van der Waals surface area (Å²) in [6, 6.07) is 4.95. The van der Waals surface area contributed by atoms with Crippen molar-refractivity contribution in [1.82, 2.24) is 15.5 Å². The van der Waals surface area contributed by atoms with Gasteiger partial charge in [-0.1, -0.05) is 35.2 Å². The van der Waals surface area contributed by atoms with Crippen molar-refractivity contribution in [1.29, 1.82) is 0 Å². The lowest BCUT2D eigenvalue weighted by molar-refractivity contribution is -0.118. The average molecular weight is 311 g/mol. The van der Waals surface area contributed by atoms with Gasteiger partial charge in [0.25, 0.3) is 0 Å². The summed E-state index contributed by atoms with van der Waals surface area (Å²) in [5.74, 6) is -0.0810. The van der Waals surface area contributed by atoms with Crippen molar-refractivity contribution in [3.05, 3.63) is 40.2 Å². The largest absolute Gasteiger partial charge is 0.351 e. The molecule has 2 rings (SSSR count). The molecule has 0 radical (unpaired) electrons. The topological polar surface area (TPSA) is 54.9 Å². The van der Waals surface area contributed by atoms with Crippen molar-refractivity contribution in [2.45, 2.75) is 24.7 Å². The van der Waals surface area contributed by atoms with Crippen LogP contribution in [0.15, 0.2) is 22.5 Å². The zero-order chi connectivity index (χ0) is 14.5. The number of amides is 1. The van der Waals surface area contributed by atoms with Crippen LogP contribution in [0.4, 0.5) is 4.39 Å². The summed E-state index contributed by atoms with van der Waals surface area (Å²) in [5, 5.41) is 11.4. The number of hydrogen-bond acceptors (Lipinski definition) is 5. The zero-order valence-electron chi connectivity index (χ0n) is 11.1. The molecule has 0 spiro atoms. The van der Waals surface area contributed by atoms with Gasteiger partial charge in [-0.2, -0.15) is 0 Å². The van der Waals surface area contributed by atoms with Crippen LogP contribution in [0.5, 0.6) is 0 Å². The maximum absolute atomic E-state index is 13.3. The monoisotopic (exact) mass is 311 g/mol. The first-order chi connectivity index (χ1) is 9.54. The highest BCUT2D eigenvalue weighted by Gasteiger charge is 2.07. The number of aryl methyl sites for hydroxylation is 2. The third-order valence-electron chi connectivity index (χ3n) is 2.56. The average Bonchev–Trinajstić information content (AvgIpc) is 2.83. The number of carbonyl (C=O) groups is 1. The summed E-state index contributed by atoms with van der Waals surface area (Å²) in [6.07, 6.45) is 0. The molecule has 0 bridgehead atoms. The number of carbonyl (C=O) groups excluding carboxylic acids is 1. The molecular formula is C13H14FN3OS2. The Morgan fingerprint density at radius 2 is 2.20 bits per heavy atom. The first kappa shape index (κ1) is 14.9. The van der Waals surface area contributed by atoms with Gasteiger partial charge >= 0.3 is 0 Å². The molecule has 0 atom stereocenters. The number of nitrogens with one attached hydrogen (secondary N) is 1. The van der Waals surface area contributed by atoms with Crippen molar-refractivity contribution in [3.8, 4) is 0 Å². The third-order valence-corrected chi connectivity index (χ3v) is 4.53. The highest BCUT2D eigenvalue weighted by Crippen LogP contribution is 2.21. The predicted octanol–water partition coefficient (Wildman–Crippen LogP) is 2.70. The van der Waals surface area contributed by atoms with E-state index < -0.39 is 0 Å². The Balaban J connectivity index is 1.78. The van der Waals surface area contributed by atoms with Crippen molar-refractivity contribution in [2.24, 2.45) is 0 Å². The summed E-state index contributed by atoms with van der Waals surface area (Å²) in [5.41, 5.74) is 1.35. The number of rotatable bonds is 5. The quantitative estimate of drug-likeness (QED) is 0.863. The zero-order valence-corrected chi connectivity index (χ0v) is 12.8. The number of halogens is 1. The number of hydrogen-bond donors (Lipinski definition) is 1. The SMILES string of the molecule is Cc1nnc(SCC(=O)NCc2ccc(C)c(F)c2)s1. The summed E-state index contributed by atoms with van der Waals surface area (Å²) in [7, 11) is 0. The minimum Gasteiger partial charge on any atom is -0.351 e. The molecule has 0 saturated carbocycles. The highest BCUT2D eigenvalue weighted by atomic mass is 32.2. The Morgan fingerprint density at radius 1 is 1.40 bits per heavy atom. The van der Waals surface area contributed by atoms with Gasteiger partial charge in [-0.3, -0.25) is 4.79 Å². The fourth-order valence-electron chi connectivity index (χ4n) is 1.46. The smallest absolute Gasteiger partial charge is 0.230 e. The molecule has 1 heterocycles. The van der Waals surface area contributed by atoms with Crippen LogP contribution in [0.2, 0.25) is 0 Å². The molecule has 0 saturated heterocycles. The molecule has 1 N–H and O–H groups in total. The molecule has 0 fully saturated rings. The first-order valence-corrected chi connectivity index (χ1v) is 7.79. The number of nitrogens with zero attached hydrogens (tertiary/aromatic N) is 2. The van der Waals surface area contributed by atoms with Crippen molar-refractivity contribution in [3.63, 3.8) is 0 Å². The van der Waals surface area contributed by atoms with E-state index in [0.717, 1.165) is 14.9 Å². The number of benzene rings is 1. The van der Waals surface area contributed by atoms with E-state index in [-0.39, 0.29) is 17.5 Å². The number of aromatic nitrogens is 2. The number of thioether (sulfide) groups is 1.